The van der Waals surface area contributed by atoms with Crippen molar-refractivity contribution in [2.75, 3.05) is 6.54 Å². The second kappa shape index (κ2) is 10.2. The number of carbonyl (C=O) groups is 1. The zero-order chi connectivity index (χ0) is 27.0. The summed E-state index contributed by atoms with van der Waals surface area (Å²) in [6.45, 7) is -0.960. The fourth-order valence-electron chi connectivity index (χ4n) is 5.49. The van der Waals surface area contributed by atoms with E-state index < -0.39 is 63.2 Å². The molecule has 0 radical (unpaired) electrons. The molecule has 1 amide bonds. The van der Waals surface area contributed by atoms with E-state index in [-0.39, 0.29) is 23.6 Å². The lowest BCUT2D eigenvalue weighted by Crippen LogP contribution is -2.63. The largest absolute Gasteiger partial charge is 0.489 e. The number of hydrogen-bond donors (Lipinski definition) is 3. The van der Waals surface area contributed by atoms with Crippen molar-refractivity contribution in [3.8, 4) is 5.75 Å². The van der Waals surface area contributed by atoms with Crippen LogP contribution in [-0.2, 0) is 27.6 Å². The number of nitrogens with zero attached hydrogens (tertiary/aromatic N) is 1. The van der Waals surface area contributed by atoms with Gasteiger partial charge in [0.25, 0.3) is 5.91 Å². The molecule has 2 unspecified atom stereocenters. The number of halogens is 4. The van der Waals surface area contributed by atoms with Gasteiger partial charge in [-0.15, -0.1) is 0 Å². The van der Waals surface area contributed by atoms with E-state index in [1.54, 1.807) is 5.48 Å². The first kappa shape index (κ1) is 27.3. The number of alkyl halides is 3. The topological polar surface area (TPSA) is 116 Å². The van der Waals surface area contributed by atoms with E-state index in [4.69, 9.17) is 4.74 Å². The predicted octanol–water partition coefficient (Wildman–Crippen LogP) is 3.61. The summed E-state index contributed by atoms with van der Waals surface area (Å²) in [7, 11) is -4.33. The number of ether oxygens (including phenoxy) is 1. The predicted molar refractivity (Wildman–Crippen MR) is 121 cm³/mol. The molecule has 2 aliphatic rings. The van der Waals surface area contributed by atoms with Crippen LogP contribution in [0.25, 0.3) is 0 Å². The molecule has 2 aromatic carbocycles. The zero-order valence-corrected chi connectivity index (χ0v) is 20.4. The summed E-state index contributed by atoms with van der Waals surface area (Å²) < 4.78 is 86.5. The Morgan fingerprint density at radius 1 is 1.14 bits per heavy atom. The minimum absolute atomic E-state index is 0.0342. The molecule has 4 rings (SSSR count). The van der Waals surface area contributed by atoms with E-state index in [2.05, 4.69) is 0 Å². The molecule has 2 atom stereocenters. The minimum Gasteiger partial charge on any atom is -0.489 e. The number of hydroxylamine groups is 1. The van der Waals surface area contributed by atoms with Crippen molar-refractivity contribution in [1.29, 1.82) is 0 Å². The molecule has 2 aromatic rings. The van der Waals surface area contributed by atoms with Gasteiger partial charge in [0, 0.05) is 12.1 Å². The van der Waals surface area contributed by atoms with Crippen LogP contribution in [0.5, 0.6) is 5.75 Å². The van der Waals surface area contributed by atoms with Crippen LogP contribution in [0.4, 0.5) is 17.6 Å². The summed E-state index contributed by atoms with van der Waals surface area (Å²) in [5, 5.41) is 19.8. The van der Waals surface area contributed by atoms with Crippen molar-refractivity contribution in [2.24, 2.45) is 5.41 Å². The minimum atomic E-state index is -4.71. The van der Waals surface area contributed by atoms with Gasteiger partial charge in [-0.1, -0.05) is 12.8 Å². The molecule has 1 aliphatic carbocycles. The molecule has 13 heteroatoms. The Labute approximate surface area is 210 Å². The third kappa shape index (κ3) is 5.44. The highest BCUT2D eigenvalue weighted by atomic mass is 32.2. The smallest absolute Gasteiger partial charge is 0.416 e. The van der Waals surface area contributed by atoms with Crippen LogP contribution in [-0.4, -0.2) is 47.6 Å². The second-order valence-corrected chi connectivity index (χ2v) is 11.3. The van der Waals surface area contributed by atoms with Gasteiger partial charge in [0.1, 0.15) is 24.2 Å². The highest BCUT2D eigenvalue weighted by Gasteiger charge is 2.55. The molecule has 37 heavy (non-hydrogen) atoms. The van der Waals surface area contributed by atoms with Crippen molar-refractivity contribution in [3.63, 3.8) is 0 Å². The molecular weight excluding hydrogens is 520 g/mol. The second-order valence-electron chi connectivity index (χ2n) is 9.44. The molecule has 1 heterocycles. The quantitative estimate of drug-likeness (QED) is 0.290. The van der Waals surface area contributed by atoms with Crippen LogP contribution in [0.3, 0.4) is 0 Å². The van der Waals surface area contributed by atoms with Crippen molar-refractivity contribution in [1.82, 2.24) is 9.79 Å². The normalized spacial score (nSPS) is 22.2. The summed E-state index contributed by atoms with van der Waals surface area (Å²) in [5.41, 5.74) is -0.731. The molecule has 1 spiro atoms. The number of piperidine rings is 1. The van der Waals surface area contributed by atoms with Crippen LogP contribution >= 0.6 is 0 Å². The first-order chi connectivity index (χ1) is 17.4. The van der Waals surface area contributed by atoms with Crippen LogP contribution in [0.1, 0.15) is 43.2 Å². The molecule has 1 aliphatic heterocycles. The van der Waals surface area contributed by atoms with Crippen LogP contribution in [0, 0.1) is 11.2 Å². The third-order valence-electron chi connectivity index (χ3n) is 7.06. The number of aliphatic hydroxyl groups is 1. The fourth-order valence-corrected chi connectivity index (χ4v) is 7.21. The Kier molecular flexibility index (Phi) is 7.52. The number of carbonyl (C=O) groups excluding carboxylic acids is 1. The molecule has 8 nitrogen and oxygen atoms in total. The van der Waals surface area contributed by atoms with Crippen LogP contribution in [0.15, 0.2) is 47.4 Å². The van der Waals surface area contributed by atoms with Crippen LogP contribution in [0.2, 0.25) is 0 Å². The number of benzene rings is 2. The van der Waals surface area contributed by atoms with Gasteiger partial charge in [-0.25, -0.2) is 18.3 Å². The SMILES string of the molecule is O=C(NO)C1N(S(=O)(=O)c2ccc(OCc3cc(F)ccc3C(F)(F)F)cc2)CC(O)CC12CCCC2. The number of β-amino-alcohol motifs (C(OH)–C–C–N with tert-alkyl or cyclic N) is 1. The molecule has 0 aromatic heterocycles. The van der Waals surface area contributed by atoms with E-state index >= 15 is 0 Å². The lowest BCUT2D eigenvalue weighted by Gasteiger charge is -2.47. The Morgan fingerprint density at radius 3 is 2.38 bits per heavy atom. The molecular formula is C24H26F4N2O6S. The molecule has 2 fully saturated rings. The number of aliphatic hydroxyl groups excluding tert-OH is 1. The number of amides is 1. The summed E-state index contributed by atoms with van der Waals surface area (Å²) in [4.78, 5) is 12.4. The summed E-state index contributed by atoms with van der Waals surface area (Å²) in [6, 6.07) is 5.59. The van der Waals surface area contributed by atoms with Gasteiger partial charge in [0.05, 0.1) is 16.6 Å². The van der Waals surface area contributed by atoms with Crippen LogP contribution < -0.4 is 10.2 Å². The highest BCUT2D eigenvalue weighted by molar-refractivity contribution is 7.89. The maximum atomic E-state index is 13.5. The Morgan fingerprint density at radius 2 is 1.78 bits per heavy atom. The molecule has 0 bridgehead atoms. The monoisotopic (exact) mass is 546 g/mol. The fraction of sp³-hybridized carbons (Fsp3) is 0.458. The van der Waals surface area contributed by atoms with E-state index in [9.17, 15) is 41.1 Å². The van der Waals surface area contributed by atoms with Crippen molar-refractivity contribution in [3.05, 3.63) is 59.4 Å². The molecule has 3 N–H and O–H groups in total. The first-order valence-corrected chi connectivity index (χ1v) is 13.0. The number of rotatable bonds is 6. The van der Waals surface area contributed by atoms with Gasteiger partial charge in [0.15, 0.2) is 0 Å². The van der Waals surface area contributed by atoms with Crippen molar-refractivity contribution in [2.45, 2.75) is 61.9 Å². The van der Waals surface area contributed by atoms with E-state index in [1.165, 1.54) is 12.1 Å². The van der Waals surface area contributed by atoms with Gasteiger partial charge in [0.2, 0.25) is 10.0 Å². The van der Waals surface area contributed by atoms with Gasteiger partial charge in [-0.2, -0.15) is 17.5 Å². The van der Waals surface area contributed by atoms with Crippen molar-refractivity contribution < 1.29 is 45.8 Å². The van der Waals surface area contributed by atoms with Gasteiger partial charge in [-0.05, 0) is 67.1 Å². The van der Waals surface area contributed by atoms with Crippen molar-refractivity contribution >= 4 is 15.9 Å². The number of sulfonamides is 1. The molecule has 1 saturated carbocycles. The maximum absolute atomic E-state index is 13.5. The molecule has 202 valence electrons. The van der Waals surface area contributed by atoms with E-state index in [1.807, 2.05) is 0 Å². The molecule has 1 saturated heterocycles. The van der Waals surface area contributed by atoms with Gasteiger partial charge in [-0.3, -0.25) is 10.0 Å². The lowest BCUT2D eigenvalue weighted by molar-refractivity contribution is -0.142. The summed E-state index contributed by atoms with van der Waals surface area (Å²) >= 11 is 0. The van der Waals surface area contributed by atoms with E-state index in [0.717, 1.165) is 29.3 Å². The Hall–Kier alpha value is -2.74. The third-order valence-corrected chi connectivity index (χ3v) is 8.90. The first-order valence-electron chi connectivity index (χ1n) is 11.6. The standard InChI is InChI=1S/C24H26F4N2O6S/c25-16-3-8-20(24(26,27)28)15(11-16)14-36-18-4-6-19(7-5-18)37(34,35)30-13-17(31)12-23(9-1-2-10-23)21(30)22(32)29-33/h3-8,11,17,21,31,33H,1-2,9-10,12-14H2,(H,29,32). The van der Waals surface area contributed by atoms with Gasteiger partial charge < -0.3 is 9.84 Å². The lowest BCUT2D eigenvalue weighted by atomic mass is 9.71. The Balaban J connectivity index is 1.57. The average molecular weight is 547 g/mol. The zero-order valence-electron chi connectivity index (χ0n) is 19.5. The average Bonchev–Trinajstić information content (AvgIpc) is 3.29. The summed E-state index contributed by atoms with van der Waals surface area (Å²) in [5.74, 6) is -1.71. The summed E-state index contributed by atoms with van der Waals surface area (Å²) in [6.07, 6.45) is -2.96. The highest BCUT2D eigenvalue weighted by Crippen LogP contribution is 2.50. The maximum Gasteiger partial charge on any atom is 0.416 e. The van der Waals surface area contributed by atoms with E-state index in [0.29, 0.717) is 31.0 Å². The Bertz CT molecular complexity index is 1250. The van der Waals surface area contributed by atoms with Gasteiger partial charge >= 0.3 is 6.18 Å². The number of hydrogen-bond acceptors (Lipinski definition) is 6. The number of nitrogens with one attached hydrogen (secondary N) is 1.